The first-order valence-electron chi connectivity index (χ1n) is 9.92. The Morgan fingerprint density at radius 1 is 0.969 bits per heavy atom. The number of aliphatic carboxylic acids is 1. The summed E-state index contributed by atoms with van der Waals surface area (Å²) in [6.07, 6.45) is -1.35. The molecule has 0 spiro atoms. The van der Waals surface area contributed by atoms with Crippen LogP contribution in [0.25, 0.3) is 0 Å². The molecule has 9 nitrogen and oxygen atoms in total. The summed E-state index contributed by atoms with van der Waals surface area (Å²) in [7, 11) is 0. The number of hydrogen-bond acceptors (Lipinski definition) is 7. The standard InChI is InChI=1S/C23H27N3O6/c1-23(2,25)21(30)26(22(31)32-14-16-11-7-4-8-12-16)19(27)18(24)17(20(28)29)13-15-9-5-3-6-10-15/h3-12,17-18H,13-14,24-25H2,1-2H3,(H,28,29)/t17?,18-/m0/s1. The van der Waals surface area contributed by atoms with Crippen LogP contribution in [0.3, 0.4) is 0 Å². The fraction of sp³-hybridized carbons (Fsp3) is 0.304. The molecule has 2 rings (SSSR count). The molecule has 1 unspecified atom stereocenters. The van der Waals surface area contributed by atoms with Crippen LogP contribution in [-0.2, 0) is 32.1 Å². The van der Waals surface area contributed by atoms with Crippen LogP contribution in [0, 0.1) is 5.92 Å². The first kappa shape index (κ1) is 24.7. The van der Waals surface area contributed by atoms with Crippen LogP contribution in [0.4, 0.5) is 4.79 Å². The Kier molecular flexibility index (Phi) is 8.22. The summed E-state index contributed by atoms with van der Waals surface area (Å²) < 4.78 is 5.12. The third kappa shape index (κ3) is 6.47. The number of carbonyl (C=O) groups excluding carboxylic acids is 3. The Morgan fingerprint density at radius 3 is 1.94 bits per heavy atom. The minimum atomic E-state index is -1.69. The molecule has 2 aromatic carbocycles. The third-order valence-corrected chi connectivity index (χ3v) is 4.70. The van der Waals surface area contributed by atoms with E-state index in [1.807, 2.05) is 0 Å². The summed E-state index contributed by atoms with van der Waals surface area (Å²) in [5.41, 5.74) is 11.4. The van der Waals surface area contributed by atoms with Crippen LogP contribution in [0.2, 0.25) is 0 Å². The second-order valence-corrected chi connectivity index (χ2v) is 7.90. The van der Waals surface area contributed by atoms with Gasteiger partial charge < -0.3 is 21.3 Å². The van der Waals surface area contributed by atoms with Gasteiger partial charge in [0.15, 0.2) is 0 Å². The van der Waals surface area contributed by atoms with Crippen molar-refractivity contribution in [3.63, 3.8) is 0 Å². The number of rotatable bonds is 8. The zero-order chi connectivity index (χ0) is 23.9. The molecule has 0 fully saturated rings. The second-order valence-electron chi connectivity index (χ2n) is 7.90. The molecule has 2 atom stereocenters. The van der Waals surface area contributed by atoms with Crippen molar-refractivity contribution in [3.05, 3.63) is 71.8 Å². The maximum absolute atomic E-state index is 13.1. The number of ether oxygens (including phenoxy) is 1. The molecule has 9 heteroatoms. The monoisotopic (exact) mass is 441 g/mol. The largest absolute Gasteiger partial charge is 0.481 e. The van der Waals surface area contributed by atoms with Gasteiger partial charge in [-0.25, -0.2) is 4.79 Å². The molecule has 2 aromatic rings. The Balaban J connectivity index is 2.27. The van der Waals surface area contributed by atoms with Crippen molar-refractivity contribution in [2.75, 3.05) is 0 Å². The van der Waals surface area contributed by atoms with Gasteiger partial charge in [0.25, 0.3) is 11.8 Å². The number of imide groups is 3. The van der Waals surface area contributed by atoms with E-state index in [2.05, 4.69) is 0 Å². The average Bonchev–Trinajstić information content (AvgIpc) is 2.76. The second kappa shape index (κ2) is 10.7. The van der Waals surface area contributed by atoms with Gasteiger partial charge in [0.2, 0.25) is 0 Å². The van der Waals surface area contributed by atoms with E-state index in [1.54, 1.807) is 60.7 Å². The summed E-state index contributed by atoms with van der Waals surface area (Å²) in [5.74, 6) is -4.98. The van der Waals surface area contributed by atoms with Crippen molar-refractivity contribution in [2.24, 2.45) is 17.4 Å². The van der Waals surface area contributed by atoms with Crippen LogP contribution in [-0.4, -0.2) is 45.5 Å². The first-order chi connectivity index (χ1) is 15.0. The SMILES string of the molecule is CC(C)(N)C(=O)N(C(=O)OCc1ccccc1)C(=O)[C@@H](N)C(Cc1ccccc1)C(=O)O. The number of nitrogens with two attached hydrogens (primary N) is 2. The highest BCUT2D eigenvalue weighted by Crippen LogP contribution is 2.17. The van der Waals surface area contributed by atoms with E-state index in [9.17, 15) is 24.3 Å². The van der Waals surface area contributed by atoms with Gasteiger partial charge in [-0.2, -0.15) is 4.90 Å². The van der Waals surface area contributed by atoms with Crippen molar-refractivity contribution < 1.29 is 29.0 Å². The first-order valence-corrected chi connectivity index (χ1v) is 9.92. The van der Waals surface area contributed by atoms with Gasteiger partial charge in [0.05, 0.1) is 17.5 Å². The van der Waals surface area contributed by atoms with E-state index < -0.39 is 41.4 Å². The number of carboxylic acids is 1. The number of carboxylic acid groups (broad SMARTS) is 1. The molecule has 0 heterocycles. The van der Waals surface area contributed by atoms with E-state index in [0.29, 0.717) is 11.1 Å². The molecule has 0 aliphatic carbocycles. The molecule has 3 amide bonds. The Labute approximate surface area is 185 Å². The molecule has 0 bridgehead atoms. The van der Waals surface area contributed by atoms with Crippen LogP contribution in [0.5, 0.6) is 0 Å². The Bertz CT molecular complexity index is 957. The summed E-state index contributed by atoms with van der Waals surface area (Å²) in [6, 6.07) is 15.5. The van der Waals surface area contributed by atoms with Gasteiger partial charge in [0.1, 0.15) is 6.61 Å². The number of benzene rings is 2. The zero-order valence-corrected chi connectivity index (χ0v) is 17.9. The Morgan fingerprint density at radius 2 is 1.47 bits per heavy atom. The number of hydrogen-bond donors (Lipinski definition) is 3. The topological polar surface area (TPSA) is 153 Å². The number of carbonyl (C=O) groups is 4. The molecule has 0 aromatic heterocycles. The number of nitrogens with zero attached hydrogens (tertiary/aromatic N) is 1. The maximum Gasteiger partial charge on any atom is 0.423 e. The van der Waals surface area contributed by atoms with Crippen molar-refractivity contribution in [2.45, 2.75) is 38.5 Å². The highest BCUT2D eigenvalue weighted by atomic mass is 16.6. The molecule has 0 saturated carbocycles. The zero-order valence-electron chi connectivity index (χ0n) is 17.9. The average molecular weight is 441 g/mol. The van der Waals surface area contributed by atoms with Crippen molar-refractivity contribution in [1.29, 1.82) is 0 Å². The molecule has 170 valence electrons. The summed E-state index contributed by atoms with van der Waals surface area (Å²) in [4.78, 5) is 50.6. The molecular formula is C23H27N3O6. The fourth-order valence-electron chi connectivity index (χ4n) is 2.90. The third-order valence-electron chi connectivity index (χ3n) is 4.70. The van der Waals surface area contributed by atoms with Gasteiger partial charge in [0, 0.05) is 0 Å². The van der Waals surface area contributed by atoms with Crippen LogP contribution < -0.4 is 11.5 Å². The summed E-state index contributed by atoms with van der Waals surface area (Å²) >= 11 is 0. The minimum absolute atomic E-state index is 0.0732. The van der Waals surface area contributed by atoms with Crippen molar-refractivity contribution >= 4 is 23.9 Å². The van der Waals surface area contributed by atoms with E-state index in [4.69, 9.17) is 16.2 Å². The molecular weight excluding hydrogens is 414 g/mol. The minimum Gasteiger partial charge on any atom is -0.481 e. The lowest BCUT2D eigenvalue weighted by molar-refractivity contribution is -0.152. The Hall–Kier alpha value is -3.56. The lowest BCUT2D eigenvalue weighted by atomic mass is 9.91. The van der Waals surface area contributed by atoms with Crippen LogP contribution in [0.15, 0.2) is 60.7 Å². The summed E-state index contributed by atoms with van der Waals surface area (Å²) in [5, 5.41) is 9.65. The van der Waals surface area contributed by atoms with Gasteiger partial charge in [-0.05, 0) is 31.4 Å². The van der Waals surface area contributed by atoms with Gasteiger partial charge in [-0.15, -0.1) is 0 Å². The van der Waals surface area contributed by atoms with Gasteiger partial charge in [-0.1, -0.05) is 60.7 Å². The van der Waals surface area contributed by atoms with Crippen molar-refractivity contribution in [3.8, 4) is 0 Å². The smallest absolute Gasteiger partial charge is 0.423 e. The van der Waals surface area contributed by atoms with Crippen molar-refractivity contribution in [1.82, 2.24) is 4.90 Å². The normalized spacial score (nSPS) is 13.0. The molecule has 0 aliphatic heterocycles. The molecule has 0 saturated heterocycles. The maximum atomic E-state index is 13.1. The van der Waals surface area contributed by atoms with Gasteiger partial charge in [-0.3, -0.25) is 14.4 Å². The lowest BCUT2D eigenvalue weighted by Gasteiger charge is -2.29. The molecule has 0 aliphatic rings. The lowest BCUT2D eigenvalue weighted by Crippen LogP contribution is -2.60. The van der Waals surface area contributed by atoms with E-state index >= 15 is 0 Å². The molecule has 32 heavy (non-hydrogen) atoms. The van der Waals surface area contributed by atoms with Crippen LogP contribution in [0.1, 0.15) is 25.0 Å². The predicted octanol–water partition coefficient (Wildman–Crippen LogP) is 1.69. The van der Waals surface area contributed by atoms with E-state index in [0.717, 1.165) is 0 Å². The highest BCUT2D eigenvalue weighted by Gasteiger charge is 2.43. The molecule has 0 radical (unpaired) electrons. The molecule has 5 N–H and O–H groups in total. The van der Waals surface area contributed by atoms with E-state index in [-0.39, 0.29) is 17.9 Å². The number of amides is 3. The highest BCUT2D eigenvalue weighted by molar-refractivity contribution is 6.13. The fourth-order valence-corrected chi connectivity index (χ4v) is 2.90. The van der Waals surface area contributed by atoms with E-state index in [1.165, 1.54) is 13.8 Å². The predicted molar refractivity (Wildman–Crippen MR) is 116 cm³/mol. The van der Waals surface area contributed by atoms with Gasteiger partial charge >= 0.3 is 12.1 Å². The summed E-state index contributed by atoms with van der Waals surface area (Å²) in [6.45, 7) is 2.41. The van der Waals surface area contributed by atoms with Crippen LogP contribution >= 0.6 is 0 Å². The quantitative estimate of drug-likeness (QED) is 0.559.